The summed E-state index contributed by atoms with van der Waals surface area (Å²) < 4.78 is 5.73. The first-order valence-electron chi connectivity index (χ1n) is 8.97. The molecule has 3 atom stereocenters. The van der Waals surface area contributed by atoms with Gasteiger partial charge in [-0.15, -0.1) is 0 Å². The standard InChI is InChI=1S/C20H29NO4/c1-13-8-9-21-18(23)12-14(2)19(13)16-6-7-17(15(3)20(16)24)25-11-5-4-10-22/h6-9,13-14,19,22,24H,4-5,10-12H2,1-3H3,(H,21,23). The first kappa shape index (κ1) is 19.3. The smallest absolute Gasteiger partial charge is 0.224 e. The first-order chi connectivity index (χ1) is 12.0. The van der Waals surface area contributed by atoms with Gasteiger partial charge >= 0.3 is 0 Å². The number of phenols is 1. The first-order valence-corrected chi connectivity index (χ1v) is 8.97. The van der Waals surface area contributed by atoms with Crippen LogP contribution in [0.2, 0.25) is 0 Å². The maximum Gasteiger partial charge on any atom is 0.224 e. The Bertz CT molecular complexity index is 626. The largest absolute Gasteiger partial charge is 0.507 e. The minimum atomic E-state index is 0.000647. The molecule has 2 rings (SSSR count). The molecule has 0 aliphatic carbocycles. The van der Waals surface area contributed by atoms with E-state index in [9.17, 15) is 9.90 Å². The number of nitrogens with one attached hydrogen (secondary N) is 1. The predicted octanol–water partition coefficient (Wildman–Crippen LogP) is 3.24. The molecule has 5 heteroatoms. The second-order valence-corrected chi connectivity index (χ2v) is 6.90. The fourth-order valence-electron chi connectivity index (χ4n) is 3.52. The van der Waals surface area contributed by atoms with Gasteiger partial charge in [0.25, 0.3) is 0 Å². The highest BCUT2D eigenvalue weighted by molar-refractivity contribution is 5.77. The fraction of sp³-hybridized carbons (Fsp3) is 0.550. The van der Waals surface area contributed by atoms with Crippen molar-refractivity contribution in [3.8, 4) is 11.5 Å². The van der Waals surface area contributed by atoms with Gasteiger partial charge in [0, 0.05) is 24.8 Å². The van der Waals surface area contributed by atoms with Gasteiger partial charge in [0.2, 0.25) is 5.91 Å². The Morgan fingerprint density at radius 3 is 2.76 bits per heavy atom. The van der Waals surface area contributed by atoms with Gasteiger partial charge in [0.15, 0.2) is 0 Å². The lowest BCUT2D eigenvalue weighted by atomic mass is 9.75. The number of aliphatic hydroxyl groups excluding tert-OH is 1. The average molecular weight is 347 g/mol. The van der Waals surface area contributed by atoms with Crippen LogP contribution in [0.15, 0.2) is 24.4 Å². The zero-order valence-electron chi connectivity index (χ0n) is 15.3. The molecule has 1 aliphatic rings. The molecule has 1 aliphatic heterocycles. The van der Waals surface area contributed by atoms with Crippen LogP contribution in [0.25, 0.3) is 0 Å². The Labute approximate surface area is 149 Å². The minimum absolute atomic E-state index is 0.000647. The molecule has 1 aromatic carbocycles. The SMILES string of the molecule is Cc1c(OCCCCO)ccc(C2C(C)C=CNC(=O)CC2C)c1O. The highest BCUT2D eigenvalue weighted by atomic mass is 16.5. The molecule has 5 nitrogen and oxygen atoms in total. The number of carbonyl (C=O) groups is 1. The van der Waals surface area contributed by atoms with Crippen molar-refractivity contribution >= 4 is 5.91 Å². The van der Waals surface area contributed by atoms with Crippen LogP contribution in [-0.4, -0.2) is 29.3 Å². The Morgan fingerprint density at radius 1 is 1.28 bits per heavy atom. The van der Waals surface area contributed by atoms with E-state index >= 15 is 0 Å². The molecule has 0 bridgehead atoms. The zero-order valence-corrected chi connectivity index (χ0v) is 15.3. The number of benzene rings is 1. The summed E-state index contributed by atoms with van der Waals surface area (Å²) in [5.74, 6) is 1.28. The van der Waals surface area contributed by atoms with Gasteiger partial charge in [0.1, 0.15) is 11.5 Å². The van der Waals surface area contributed by atoms with E-state index in [0.717, 1.165) is 17.5 Å². The molecule has 0 fully saturated rings. The van der Waals surface area contributed by atoms with Crippen molar-refractivity contribution < 1.29 is 19.7 Å². The summed E-state index contributed by atoms with van der Waals surface area (Å²) in [5, 5.41) is 22.3. The number of rotatable bonds is 6. The second-order valence-electron chi connectivity index (χ2n) is 6.90. The summed E-state index contributed by atoms with van der Waals surface area (Å²) in [6, 6.07) is 3.81. The number of phenolic OH excluding ortho intramolecular Hbond substituents is 1. The lowest BCUT2D eigenvalue weighted by molar-refractivity contribution is -0.121. The number of carbonyl (C=O) groups excluding carboxylic acids is 1. The Hall–Kier alpha value is -2.01. The van der Waals surface area contributed by atoms with E-state index in [1.165, 1.54) is 0 Å². The van der Waals surface area contributed by atoms with Crippen LogP contribution in [0.4, 0.5) is 0 Å². The van der Waals surface area contributed by atoms with E-state index in [0.29, 0.717) is 25.2 Å². The maximum absolute atomic E-state index is 11.8. The molecule has 3 unspecified atom stereocenters. The van der Waals surface area contributed by atoms with Gasteiger partial charge in [-0.25, -0.2) is 0 Å². The number of amides is 1. The van der Waals surface area contributed by atoms with E-state index in [1.54, 1.807) is 6.20 Å². The van der Waals surface area contributed by atoms with Crippen LogP contribution in [0, 0.1) is 18.8 Å². The number of ether oxygens (including phenoxy) is 1. The monoisotopic (exact) mass is 347 g/mol. The molecule has 0 spiro atoms. The Balaban J connectivity index is 2.25. The van der Waals surface area contributed by atoms with Gasteiger partial charge in [-0.3, -0.25) is 4.79 Å². The highest BCUT2D eigenvalue weighted by Gasteiger charge is 2.30. The van der Waals surface area contributed by atoms with E-state index in [-0.39, 0.29) is 36.0 Å². The Morgan fingerprint density at radius 2 is 2.04 bits per heavy atom. The topological polar surface area (TPSA) is 78.8 Å². The number of allylic oxidation sites excluding steroid dienone is 1. The summed E-state index contributed by atoms with van der Waals surface area (Å²) in [6.07, 6.45) is 5.58. The lowest BCUT2D eigenvalue weighted by Crippen LogP contribution is -2.28. The van der Waals surface area contributed by atoms with Crippen molar-refractivity contribution in [2.75, 3.05) is 13.2 Å². The fourth-order valence-corrected chi connectivity index (χ4v) is 3.52. The quantitative estimate of drug-likeness (QED) is 0.690. The van der Waals surface area contributed by atoms with Crippen LogP contribution in [-0.2, 0) is 4.79 Å². The summed E-state index contributed by atoms with van der Waals surface area (Å²) >= 11 is 0. The molecular weight excluding hydrogens is 318 g/mol. The molecule has 25 heavy (non-hydrogen) atoms. The van der Waals surface area contributed by atoms with Crippen molar-refractivity contribution in [2.24, 2.45) is 11.8 Å². The number of hydrogen-bond donors (Lipinski definition) is 3. The Kier molecular flexibility index (Phi) is 6.88. The second kappa shape index (κ2) is 8.90. The van der Waals surface area contributed by atoms with Crippen LogP contribution >= 0.6 is 0 Å². The normalized spacial score (nSPS) is 23.7. The molecule has 0 aromatic heterocycles. The minimum Gasteiger partial charge on any atom is -0.507 e. The summed E-state index contributed by atoms with van der Waals surface area (Å²) in [4.78, 5) is 11.8. The summed E-state index contributed by atoms with van der Waals surface area (Å²) in [5.41, 5.74) is 1.58. The van der Waals surface area contributed by atoms with Crippen LogP contribution in [0.3, 0.4) is 0 Å². The van der Waals surface area contributed by atoms with Crippen LogP contribution in [0.1, 0.15) is 50.2 Å². The van der Waals surface area contributed by atoms with Gasteiger partial charge < -0.3 is 20.3 Å². The summed E-state index contributed by atoms with van der Waals surface area (Å²) in [6.45, 7) is 6.67. The van der Waals surface area contributed by atoms with E-state index in [1.807, 2.05) is 32.1 Å². The third-order valence-electron chi connectivity index (χ3n) is 4.91. The zero-order chi connectivity index (χ0) is 18.4. The summed E-state index contributed by atoms with van der Waals surface area (Å²) in [7, 11) is 0. The van der Waals surface area contributed by atoms with E-state index < -0.39 is 0 Å². The third-order valence-corrected chi connectivity index (χ3v) is 4.91. The lowest BCUT2D eigenvalue weighted by Gasteiger charge is -2.31. The molecule has 0 radical (unpaired) electrons. The van der Waals surface area contributed by atoms with Crippen molar-refractivity contribution in [3.63, 3.8) is 0 Å². The number of aromatic hydroxyl groups is 1. The van der Waals surface area contributed by atoms with Crippen molar-refractivity contribution in [2.45, 2.75) is 46.0 Å². The third kappa shape index (κ3) is 4.75. The van der Waals surface area contributed by atoms with Crippen LogP contribution in [0.5, 0.6) is 11.5 Å². The molecule has 138 valence electrons. The molecule has 0 saturated heterocycles. The van der Waals surface area contributed by atoms with Crippen molar-refractivity contribution in [1.29, 1.82) is 0 Å². The molecule has 1 amide bonds. The molecule has 3 N–H and O–H groups in total. The molecular formula is C20H29NO4. The van der Waals surface area contributed by atoms with Gasteiger partial charge in [-0.05, 0) is 49.1 Å². The van der Waals surface area contributed by atoms with Crippen molar-refractivity contribution in [3.05, 3.63) is 35.5 Å². The van der Waals surface area contributed by atoms with Crippen LogP contribution < -0.4 is 10.1 Å². The number of hydrogen-bond acceptors (Lipinski definition) is 4. The average Bonchev–Trinajstić information content (AvgIpc) is 2.56. The van der Waals surface area contributed by atoms with Gasteiger partial charge in [-0.1, -0.05) is 26.0 Å². The molecule has 1 aromatic rings. The van der Waals surface area contributed by atoms with E-state index in [2.05, 4.69) is 12.2 Å². The van der Waals surface area contributed by atoms with E-state index in [4.69, 9.17) is 9.84 Å². The maximum atomic E-state index is 11.8. The molecule has 1 heterocycles. The van der Waals surface area contributed by atoms with Crippen molar-refractivity contribution in [1.82, 2.24) is 5.32 Å². The predicted molar refractivity (Wildman–Crippen MR) is 97.6 cm³/mol. The van der Waals surface area contributed by atoms with Gasteiger partial charge in [-0.2, -0.15) is 0 Å². The highest BCUT2D eigenvalue weighted by Crippen LogP contribution is 2.43. The number of unbranched alkanes of at least 4 members (excludes halogenated alkanes) is 1. The van der Waals surface area contributed by atoms with Gasteiger partial charge in [0.05, 0.1) is 6.61 Å². The molecule has 0 saturated carbocycles. The number of aliphatic hydroxyl groups is 1.